The summed E-state index contributed by atoms with van der Waals surface area (Å²) >= 11 is 11.7. The zero-order chi connectivity index (χ0) is 11.7. The molecule has 4 heteroatoms. The van der Waals surface area contributed by atoms with Crippen LogP contribution in [0.4, 0.5) is 0 Å². The van der Waals surface area contributed by atoms with Gasteiger partial charge in [-0.15, -0.1) is 0 Å². The highest BCUT2D eigenvalue weighted by atomic mass is 35.5. The monoisotopic (exact) mass is 252 g/mol. The summed E-state index contributed by atoms with van der Waals surface area (Å²) in [6.45, 7) is 3.92. The number of hydrogen-bond donors (Lipinski definition) is 0. The minimum Gasteiger partial charge on any atom is -0.253 e. The van der Waals surface area contributed by atoms with E-state index in [0.717, 1.165) is 22.5 Å². The van der Waals surface area contributed by atoms with Crippen LogP contribution in [0.1, 0.15) is 11.1 Å². The summed E-state index contributed by atoms with van der Waals surface area (Å²) < 4.78 is 0. The molecule has 0 aliphatic carbocycles. The minimum absolute atomic E-state index is 0.632. The van der Waals surface area contributed by atoms with Gasteiger partial charge in [0.15, 0.2) is 0 Å². The zero-order valence-corrected chi connectivity index (χ0v) is 10.5. The lowest BCUT2D eigenvalue weighted by Gasteiger charge is -2.07. The Morgan fingerprint density at radius 1 is 0.812 bits per heavy atom. The van der Waals surface area contributed by atoms with Crippen LogP contribution in [0.15, 0.2) is 24.5 Å². The Morgan fingerprint density at radius 2 is 1.19 bits per heavy atom. The van der Waals surface area contributed by atoms with E-state index in [9.17, 15) is 0 Å². The van der Waals surface area contributed by atoms with E-state index in [0.29, 0.717) is 10.0 Å². The van der Waals surface area contributed by atoms with Crippen LogP contribution in [-0.4, -0.2) is 9.97 Å². The quantitative estimate of drug-likeness (QED) is 0.765. The van der Waals surface area contributed by atoms with Gasteiger partial charge in [0.1, 0.15) is 0 Å². The molecule has 0 amide bonds. The van der Waals surface area contributed by atoms with Crippen molar-refractivity contribution in [3.8, 4) is 11.4 Å². The highest BCUT2D eigenvalue weighted by Gasteiger charge is 2.09. The van der Waals surface area contributed by atoms with Crippen molar-refractivity contribution >= 4 is 23.2 Å². The van der Waals surface area contributed by atoms with Crippen molar-refractivity contribution in [2.45, 2.75) is 13.8 Å². The SMILES string of the molecule is Cc1cc(Cl)cnc1-c1ncc(Cl)cc1C. The standard InChI is InChI=1S/C12H10Cl2N2/c1-7-3-9(13)5-15-11(7)12-8(2)4-10(14)6-16-12/h3-6H,1-2H3. The molecule has 16 heavy (non-hydrogen) atoms. The van der Waals surface area contributed by atoms with Crippen molar-refractivity contribution in [1.29, 1.82) is 0 Å². The molecule has 0 aromatic carbocycles. The molecule has 0 fully saturated rings. The summed E-state index contributed by atoms with van der Waals surface area (Å²) in [6.07, 6.45) is 3.25. The molecule has 0 bridgehead atoms. The van der Waals surface area contributed by atoms with Crippen molar-refractivity contribution in [2.24, 2.45) is 0 Å². The average molecular weight is 253 g/mol. The molecule has 0 aliphatic rings. The topological polar surface area (TPSA) is 25.8 Å². The second-order valence-corrected chi connectivity index (χ2v) is 4.51. The first-order chi connectivity index (χ1) is 7.58. The van der Waals surface area contributed by atoms with Crippen molar-refractivity contribution < 1.29 is 0 Å². The summed E-state index contributed by atoms with van der Waals surface area (Å²) in [6, 6.07) is 3.75. The lowest BCUT2D eigenvalue weighted by molar-refractivity contribution is 1.19. The fourth-order valence-electron chi connectivity index (χ4n) is 1.58. The summed E-state index contributed by atoms with van der Waals surface area (Å²) in [5.74, 6) is 0. The number of aromatic nitrogens is 2. The van der Waals surface area contributed by atoms with Crippen LogP contribution in [0.25, 0.3) is 11.4 Å². The molecule has 0 aliphatic heterocycles. The highest BCUT2D eigenvalue weighted by molar-refractivity contribution is 6.30. The molecule has 2 aromatic heterocycles. The molecule has 2 rings (SSSR count). The second kappa shape index (κ2) is 4.40. The van der Waals surface area contributed by atoms with Gasteiger partial charge in [-0.3, -0.25) is 9.97 Å². The summed E-state index contributed by atoms with van der Waals surface area (Å²) in [4.78, 5) is 8.60. The Labute approximate surface area is 104 Å². The first-order valence-corrected chi connectivity index (χ1v) is 5.58. The van der Waals surface area contributed by atoms with Crippen molar-refractivity contribution in [3.63, 3.8) is 0 Å². The number of pyridine rings is 2. The molecule has 0 spiro atoms. The Balaban J connectivity index is 2.59. The van der Waals surface area contributed by atoms with Crippen LogP contribution < -0.4 is 0 Å². The molecule has 0 radical (unpaired) electrons. The fraction of sp³-hybridized carbons (Fsp3) is 0.167. The van der Waals surface area contributed by atoms with Crippen molar-refractivity contribution in [2.75, 3.05) is 0 Å². The van der Waals surface area contributed by atoms with Gasteiger partial charge in [0.2, 0.25) is 0 Å². The number of hydrogen-bond acceptors (Lipinski definition) is 2. The van der Waals surface area contributed by atoms with Gasteiger partial charge in [-0.1, -0.05) is 23.2 Å². The van der Waals surface area contributed by atoms with Crippen LogP contribution in [0.2, 0.25) is 10.0 Å². The maximum Gasteiger partial charge on any atom is 0.0919 e. The van der Waals surface area contributed by atoms with Crippen LogP contribution in [0.3, 0.4) is 0 Å². The van der Waals surface area contributed by atoms with Gasteiger partial charge in [-0.2, -0.15) is 0 Å². The van der Waals surface area contributed by atoms with Crippen LogP contribution in [0, 0.1) is 13.8 Å². The van der Waals surface area contributed by atoms with E-state index in [1.807, 2.05) is 26.0 Å². The van der Waals surface area contributed by atoms with E-state index in [-0.39, 0.29) is 0 Å². The van der Waals surface area contributed by atoms with Gasteiger partial charge in [-0.25, -0.2) is 0 Å². The van der Waals surface area contributed by atoms with Gasteiger partial charge in [0.25, 0.3) is 0 Å². The summed E-state index contributed by atoms with van der Waals surface area (Å²) in [7, 11) is 0. The first-order valence-electron chi connectivity index (χ1n) is 4.82. The molecule has 0 atom stereocenters. The fourth-order valence-corrected chi connectivity index (χ4v) is 2.00. The number of halogens is 2. The largest absolute Gasteiger partial charge is 0.253 e. The Hall–Kier alpha value is -1.12. The Bertz CT molecular complexity index is 489. The van der Waals surface area contributed by atoms with Crippen molar-refractivity contribution in [1.82, 2.24) is 9.97 Å². The molecule has 2 heterocycles. The van der Waals surface area contributed by atoms with Gasteiger partial charge in [0.05, 0.1) is 21.4 Å². The molecule has 0 saturated heterocycles. The van der Waals surface area contributed by atoms with Gasteiger partial charge in [-0.05, 0) is 37.1 Å². The maximum absolute atomic E-state index is 5.87. The zero-order valence-electron chi connectivity index (χ0n) is 8.96. The molecule has 82 valence electrons. The lowest BCUT2D eigenvalue weighted by Crippen LogP contribution is -1.94. The molecule has 0 saturated carbocycles. The summed E-state index contributed by atoms with van der Waals surface area (Å²) in [5.41, 5.74) is 3.70. The third-order valence-corrected chi connectivity index (χ3v) is 2.73. The predicted octanol–water partition coefficient (Wildman–Crippen LogP) is 4.07. The third kappa shape index (κ3) is 2.18. The second-order valence-electron chi connectivity index (χ2n) is 3.64. The Morgan fingerprint density at radius 3 is 1.50 bits per heavy atom. The van der Waals surface area contributed by atoms with E-state index in [4.69, 9.17) is 23.2 Å². The van der Waals surface area contributed by atoms with Gasteiger partial charge >= 0.3 is 0 Å². The number of aryl methyl sites for hydroxylation is 2. The van der Waals surface area contributed by atoms with Crippen LogP contribution in [0.5, 0.6) is 0 Å². The molecule has 2 aromatic rings. The predicted molar refractivity (Wildman–Crippen MR) is 67.0 cm³/mol. The van der Waals surface area contributed by atoms with Gasteiger partial charge < -0.3 is 0 Å². The smallest absolute Gasteiger partial charge is 0.0919 e. The average Bonchev–Trinajstić information content (AvgIpc) is 2.19. The molecule has 2 nitrogen and oxygen atoms in total. The van der Waals surface area contributed by atoms with E-state index >= 15 is 0 Å². The van der Waals surface area contributed by atoms with Gasteiger partial charge in [0, 0.05) is 12.4 Å². The van der Waals surface area contributed by atoms with E-state index in [1.54, 1.807) is 12.4 Å². The number of nitrogens with zero attached hydrogens (tertiary/aromatic N) is 2. The first kappa shape index (κ1) is 11.4. The minimum atomic E-state index is 0.632. The van der Waals surface area contributed by atoms with E-state index in [2.05, 4.69) is 9.97 Å². The van der Waals surface area contributed by atoms with E-state index in [1.165, 1.54) is 0 Å². The van der Waals surface area contributed by atoms with Crippen molar-refractivity contribution in [3.05, 3.63) is 45.7 Å². The van der Waals surface area contributed by atoms with Crippen LogP contribution in [-0.2, 0) is 0 Å². The lowest BCUT2D eigenvalue weighted by atomic mass is 10.1. The third-order valence-electron chi connectivity index (χ3n) is 2.31. The Kier molecular flexibility index (Phi) is 3.13. The molecule has 0 unspecified atom stereocenters. The molecule has 0 N–H and O–H groups in total. The van der Waals surface area contributed by atoms with Crippen LogP contribution >= 0.6 is 23.2 Å². The molecular weight excluding hydrogens is 243 g/mol. The molecular formula is C12H10Cl2N2. The number of rotatable bonds is 1. The highest BCUT2D eigenvalue weighted by Crippen LogP contribution is 2.25. The maximum atomic E-state index is 5.87. The summed E-state index contributed by atoms with van der Waals surface area (Å²) in [5, 5.41) is 1.26. The van der Waals surface area contributed by atoms with E-state index < -0.39 is 0 Å². The normalized spacial score (nSPS) is 10.5.